The maximum atomic E-state index is 13.2. The zero-order valence-corrected chi connectivity index (χ0v) is 12.8. The van der Waals surface area contributed by atoms with E-state index in [1.807, 2.05) is 12.1 Å². The highest BCUT2D eigenvalue weighted by atomic mass is 19.1. The largest absolute Gasteiger partial charge is 0.441 e. The first-order valence-corrected chi connectivity index (χ1v) is 7.88. The average molecular weight is 307 g/mol. The summed E-state index contributed by atoms with van der Waals surface area (Å²) in [4.78, 5) is 13.5. The molecule has 2 aliphatic rings. The second-order valence-corrected chi connectivity index (χ2v) is 6.11. The van der Waals surface area contributed by atoms with Crippen molar-refractivity contribution in [2.45, 2.75) is 43.9 Å². The summed E-state index contributed by atoms with van der Waals surface area (Å²) in [6.07, 6.45) is 1.95. The van der Waals surface area contributed by atoms with Crippen LogP contribution in [-0.2, 0) is 9.47 Å². The minimum Gasteiger partial charge on any atom is -0.441 e. The molecule has 120 valence electrons. The molecule has 1 aliphatic heterocycles. The Labute approximate surface area is 130 Å². The van der Waals surface area contributed by atoms with E-state index in [0.717, 1.165) is 18.5 Å². The van der Waals surface area contributed by atoms with Crippen LogP contribution in [0.15, 0.2) is 24.3 Å². The van der Waals surface area contributed by atoms with Crippen molar-refractivity contribution in [3.05, 3.63) is 29.8 Å². The molecule has 3 rings (SSSR count). The van der Waals surface area contributed by atoms with E-state index in [4.69, 9.17) is 9.47 Å². The zero-order valence-electron chi connectivity index (χ0n) is 12.8. The molecule has 1 atom stereocenters. The number of rotatable bonds is 4. The summed E-state index contributed by atoms with van der Waals surface area (Å²) in [6, 6.07) is 8.01. The van der Waals surface area contributed by atoms with Crippen molar-refractivity contribution < 1.29 is 18.7 Å². The van der Waals surface area contributed by atoms with Gasteiger partial charge in [0.1, 0.15) is 12.3 Å². The van der Waals surface area contributed by atoms with Gasteiger partial charge in [0.15, 0.2) is 0 Å². The molecule has 0 radical (unpaired) electrons. The molecule has 1 aromatic rings. The fourth-order valence-corrected chi connectivity index (χ4v) is 3.32. The van der Waals surface area contributed by atoms with Crippen LogP contribution in [-0.4, -0.2) is 38.6 Å². The van der Waals surface area contributed by atoms with E-state index in [0.29, 0.717) is 31.9 Å². The van der Waals surface area contributed by atoms with Crippen LogP contribution in [0.1, 0.15) is 37.2 Å². The molecule has 1 saturated carbocycles. The molecule has 0 bridgehead atoms. The van der Waals surface area contributed by atoms with Crippen LogP contribution >= 0.6 is 0 Å². The highest BCUT2D eigenvalue weighted by molar-refractivity contribution is 5.89. The first-order valence-electron chi connectivity index (χ1n) is 7.88. The van der Waals surface area contributed by atoms with Gasteiger partial charge in [0, 0.05) is 12.8 Å². The fraction of sp³-hybridized carbons (Fsp3) is 0.588. The lowest BCUT2D eigenvalue weighted by Gasteiger charge is -2.25. The molecule has 0 aromatic heterocycles. The molecule has 2 fully saturated rings. The minimum absolute atomic E-state index is 0.211. The second-order valence-electron chi connectivity index (χ2n) is 6.11. The fourth-order valence-electron chi connectivity index (χ4n) is 3.32. The molecule has 1 aromatic carbocycles. The summed E-state index contributed by atoms with van der Waals surface area (Å²) in [7, 11) is 1.59. The lowest BCUT2D eigenvalue weighted by atomic mass is 9.83. The average Bonchev–Trinajstić information content (AvgIpc) is 2.89. The molecule has 0 spiro atoms. The Balaban J connectivity index is 1.65. The number of cyclic esters (lactones) is 1. The van der Waals surface area contributed by atoms with Gasteiger partial charge in [0.2, 0.25) is 0 Å². The predicted octanol–water partition coefficient (Wildman–Crippen LogP) is 3.65. The van der Waals surface area contributed by atoms with Crippen LogP contribution < -0.4 is 4.90 Å². The normalized spacial score (nSPS) is 28.7. The Morgan fingerprint density at radius 2 is 1.91 bits per heavy atom. The first-order chi connectivity index (χ1) is 10.7. The van der Waals surface area contributed by atoms with Gasteiger partial charge >= 0.3 is 6.09 Å². The quantitative estimate of drug-likeness (QED) is 0.852. The third kappa shape index (κ3) is 3.24. The monoisotopic (exact) mass is 307 g/mol. The van der Waals surface area contributed by atoms with Crippen molar-refractivity contribution in [2.24, 2.45) is 0 Å². The van der Waals surface area contributed by atoms with E-state index in [2.05, 4.69) is 12.1 Å². The number of anilines is 1. The van der Waals surface area contributed by atoms with E-state index in [9.17, 15) is 9.18 Å². The predicted molar refractivity (Wildman–Crippen MR) is 82.0 cm³/mol. The number of nitrogens with zero attached hydrogens (tertiary/aromatic N) is 1. The van der Waals surface area contributed by atoms with Crippen LogP contribution in [0.5, 0.6) is 0 Å². The number of carbonyl (C=O) groups excluding carboxylic acids is 1. The standard InChI is InChI=1S/C17H22FNO3/c1-21-11-16-10-19(17(20)22-16)15-8-4-13(5-9-15)12-2-6-14(18)7-3-12/h4-5,8-9,12,14,16H,2-3,6-7,10-11H2,1H3. The lowest BCUT2D eigenvalue weighted by molar-refractivity contribution is 0.0718. The summed E-state index contributed by atoms with van der Waals surface area (Å²) in [5, 5.41) is 0. The number of amides is 1. The molecule has 1 amide bonds. The maximum absolute atomic E-state index is 13.2. The molecule has 1 unspecified atom stereocenters. The molecule has 1 heterocycles. The summed E-state index contributed by atoms with van der Waals surface area (Å²) < 4.78 is 23.5. The van der Waals surface area contributed by atoms with Gasteiger partial charge in [-0.05, 0) is 49.3 Å². The zero-order chi connectivity index (χ0) is 15.5. The van der Waals surface area contributed by atoms with Gasteiger partial charge in [-0.3, -0.25) is 4.90 Å². The van der Waals surface area contributed by atoms with Crippen LogP contribution in [0.4, 0.5) is 14.9 Å². The minimum atomic E-state index is -0.632. The second kappa shape index (κ2) is 6.65. The van der Waals surface area contributed by atoms with E-state index >= 15 is 0 Å². The number of methoxy groups -OCH3 is 1. The first kappa shape index (κ1) is 15.3. The van der Waals surface area contributed by atoms with Crippen molar-refractivity contribution in [2.75, 3.05) is 25.2 Å². The third-order valence-electron chi connectivity index (χ3n) is 4.56. The number of alkyl halides is 1. The molecule has 1 saturated heterocycles. The number of ether oxygens (including phenoxy) is 2. The van der Waals surface area contributed by atoms with E-state index in [1.165, 1.54) is 5.56 Å². The Hall–Kier alpha value is -1.62. The number of hydrogen-bond acceptors (Lipinski definition) is 3. The van der Waals surface area contributed by atoms with Gasteiger partial charge in [-0.25, -0.2) is 9.18 Å². The highest BCUT2D eigenvalue weighted by Crippen LogP contribution is 2.35. The van der Waals surface area contributed by atoms with Gasteiger partial charge in [-0.1, -0.05) is 12.1 Å². The maximum Gasteiger partial charge on any atom is 0.414 e. The van der Waals surface area contributed by atoms with Crippen molar-refractivity contribution in [3.63, 3.8) is 0 Å². The lowest BCUT2D eigenvalue weighted by Crippen LogP contribution is -2.25. The molecule has 0 N–H and O–H groups in total. The van der Waals surface area contributed by atoms with Crippen molar-refractivity contribution in [1.82, 2.24) is 0 Å². The van der Waals surface area contributed by atoms with Gasteiger partial charge in [-0.15, -0.1) is 0 Å². The number of carbonyl (C=O) groups is 1. The molecular formula is C17H22FNO3. The smallest absolute Gasteiger partial charge is 0.414 e. The van der Waals surface area contributed by atoms with E-state index in [-0.39, 0.29) is 12.2 Å². The summed E-state index contributed by atoms with van der Waals surface area (Å²) >= 11 is 0. The third-order valence-corrected chi connectivity index (χ3v) is 4.56. The van der Waals surface area contributed by atoms with Gasteiger partial charge in [0.05, 0.1) is 13.2 Å². The van der Waals surface area contributed by atoms with Crippen LogP contribution in [0, 0.1) is 0 Å². The summed E-state index contributed by atoms with van der Waals surface area (Å²) in [6.45, 7) is 0.922. The Kier molecular flexibility index (Phi) is 4.62. The molecule has 22 heavy (non-hydrogen) atoms. The molecule has 4 nitrogen and oxygen atoms in total. The van der Waals surface area contributed by atoms with Crippen molar-refractivity contribution in [1.29, 1.82) is 0 Å². The Bertz CT molecular complexity index is 511. The SMILES string of the molecule is COCC1CN(c2ccc(C3CCC(F)CC3)cc2)C(=O)O1. The number of benzene rings is 1. The van der Waals surface area contributed by atoms with Gasteiger partial charge in [0.25, 0.3) is 0 Å². The van der Waals surface area contributed by atoms with E-state index < -0.39 is 6.17 Å². The Morgan fingerprint density at radius 1 is 1.23 bits per heavy atom. The van der Waals surface area contributed by atoms with Crippen molar-refractivity contribution in [3.8, 4) is 0 Å². The Morgan fingerprint density at radius 3 is 2.55 bits per heavy atom. The number of halogens is 1. The topological polar surface area (TPSA) is 38.8 Å². The van der Waals surface area contributed by atoms with Crippen molar-refractivity contribution >= 4 is 11.8 Å². The molecule has 1 aliphatic carbocycles. The van der Waals surface area contributed by atoms with E-state index in [1.54, 1.807) is 12.0 Å². The molecular weight excluding hydrogens is 285 g/mol. The van der Waals surface area contributed by atoms with Crippen LogP contribution in [0.2, 0.25) is 0 Å². The summed E-state index contributed by atoms with van der Waals surface area (Å²) in [5.74, 6) is 0.438. The molecule has 5 heteroatoms. The van der Waals surface area contributed by atoms with Crippen LogP contribution in [0.3, 0.4) is 0 Å². The highest BCUT2D eigenvalue weighted by Gasteiger charge is 2.32. The number of hydrogen-bond donors (Lipinski definition) is 0. The van der Waals surface area contributed by atoms with Gasteiger partial charge in [-0.2, -0.15) is 0 Å². The van der Waals surface area contributed by atoms with Crippen LogP contribution in [0.25, 0.3) is 0 Å². The van der Waals surface area contributed by atoms with Gasteiger partial charge < -0.3 is 9.47 Å². The summed E-state index contributed by atoms with van der Waals surface area (Å²) in [5.41, 5.74) is 2.07.